The van der Waals surface area contributed by atoms with Gasteiger partial charge in [-0.15, -0.1) is 0 Å². The number of anilines is 2. The van der Waals surface area contributed by atoms with E-state index in [-0.39, 0.29) is 11.6 Å². The number of carbonyl (C=O) groups excluding carboxylic acids is 1. The van der Waals surface area contributed by atoms with Crippen molar-refractivity contribution in [3.05, 3.63) is 71.3 Å². The van der Waals surface area contributed by atoms with E-state index in [2.05, 4.69) is 5.32 Å². The van der Waals surface area contributed by atoms with Crippen molar-refractivity contribution < 1.29 is 13.6 Å². The Morgan fingerprint density at radius 3 is 2.54 bits per heavy atom. The third-order valence-electron chi connectivity index (χ3n) is 5.97. The van der Waals surface area contributed by atoms with Crippen LogP contribution in [0.15, 0.2) is 48.5 Å². The molecule has 3 nitrogen and oxygen atoms in total. The van der Waals surface area contributed by atoms with Crippen molar-refractivity contribution in [2.45, 2.75) is 13.3 Å². The number of fused-ring (bicyclic) bond motifs is 2. The van der Waals surface area contributed by atoms with Gasteiger partial charge in [0.1, 0.15) is 0 Å². The second-order valence-corrected chi connectivity index (χ2v) is 7.85. The van der Waals surface area contributed by atoms with Gasteiger partial charge in [0, 0.05) is 29.7 Å². The lowest BCUT2D eigenvalue weighted by Gasteiger charge is -2.21. The van der Waals surface area contributed by atoms with Crippen molar-refractivity contribution in [3.63, 3.8) is 0 Å². The molecular formula is C23H20F2N2O. The number of rotatable bonds is 3. The van der Waals surface area contributed by atoms with E-state index in [1.807, 2.05) is 30.0 Å². The van der Waals surface area contributed by atoms with Crippen molar-refractivity contribution in [2.75, 3.05) is 18.4 Å². The van der Waals surface area contributed by atoms with Gasteiger partial charge in [-0.1, -0.05) is 24.3 Å². The highest BCUT2D eigenvalue weighted by atomic mass is 19.2. The highest BCUT2D eigenvalue weighted by Crippen LogP contribution is 2.45. The minimum atomic E-state index is -0.917. The summed E-state index contributed by atoms with van der Waals surface area (Å²) in [5, 5.41) is 4.67. The van der Waals surface area contributed by atoms with E-state index in [4.69, 9.17) is 0 Å². The van der Waals surface area contributed by atoms with Gasteiger partial charge in [0.25, 0.3) is 5.91 Å². The maximum atomic E-state index is 14.1. The second-order valence-electron chi connectivity index (χ2n) is 7.85. The number of likely N-dealkylation sites (tertiary alicyclic amines) is 1. The first kappa shape index (κ1) is 17.2. The summed E-state index contributed by atoms with van der Waals surface area (Å²) in [6.45, 7) is 3.64. The molecule has 1 amide bonds. The zero-order chi connectivity index (χ0) is 19.4. The van der Waals surface area contributed by atoms with Crippen LogP contribution in [0.1, 0.15) is 22.3 Å². The van der Waals surface area contributed by atoms with Gasteiger partial charge in [-0.2, -0.15) is 0 Å². The van der Waals surface area contributed by atoms with E-state index in [1.165, 1.54) is 18.6 Å². The van der Waals surface area contributed by atoms with E-state index < -0.39 is 11.6 Å². The molecule has 28 heavy (non-hydrogen) atoms. The molecule has 142 valence electrons. The Balaban J connectivity index is 1.58. The molecule has 3 aromatic rings. The van der Waals surface area contributed by atoms with Crippen molar-refractivity contribution >= 4 is 28.1 Å². The molecule has 5 heteroatoms. The number of hydrogen-bond donors (Lipinski definition) is 1. The highest BCUT2D eigenvalue weighted by molar-refractivity contribution is 6.12. The Labute approximate surface area is 162 Å². The third kappa shape index (κ3) is 2.73. The number of benzene rings is 3. The molecule has 5 rings (SSSR count). The molecule has 2 aliphatic rings. The van der Waals surface area contributed by atoms with Crippen LogP contribution in [-0.2, 0) is 0 Å². The molecule has 0 bridgehead atoms. The first-order chi connectivity index (χ1) is 13.5. The summed E-state index contributed by atoms with van der Waals surface area (Å²) in [7, 11) is 0. The van der Waals surface area contributed by atoms with Gasteiger partial charge in [0.15, 0.2) is 11.6 Å². The monoisotopic (exact) mass is 378 g/mol. The number of piperidine rings is 1. The predicted octanol–water partition coefficient (Wildman–Crippen LogP) is 5.26. The number of carbonyl (C=O) groups is 1. The van der Waals surface area contributed by atoms with Crippen LogP contribution in [0.25, 0.3) is 10.8 Å². The molecule has 0 spiro atoms. The molecule has 0 radical (unpaired) electrons. The minimum Gasteiger partial charge on any atom is -0.353 e. The number of aryl methyl sites for hydroxylation is 1. The maximum Gasteiger partial charge on any atom is 0.254 e. The molecule has 2 atom stereocenters. The lowest BCUT2D eigenvalue weighted by molar-refractivity contribution is 0.0777. The first-order valence-corrected chi connectivity index (χ1v) is 9.55. The average Bonchev–Trinajstić information content (AvgIpc) is 3.30. The van der Waals surface area contributed by atoms with Crippen LogP contribution in [0.3, 0.4) is 0 Å². The molecule has 1 aliphatic carbocycles. The van der Waals surface area contributed by atoms with Crippen molar-refractivity contribution in [1.82, 2.24) is 4.90 Å². The molecule has 1 saturated heterocycles. The fraction of sp³-hybridized carbons (Fsp3) is 0.261. The molecule has 3 aromatic carbocycles. The van der Waals surface area contributed by atoms with E-state index in [0.717, 1.165) is 35.5 Å². The quantitative estimate of drug-likeness (QED) is 0.674. The summed E-state index contributed by atoms with van der Waals surface area (Å²) >= 11 is 0. The predicted molar refractivity (Wildman–Crippen MR) is 106 cm³/mol. The summed E-state index contributed by atoms with van der Waals surface area (Å²) in [6, 6.07) is 13.4. The van der Waals surface area contributed by atoms with Gasteiger partial charge in [0.05, 0.1) is 5.69 Å². The second kappa shape index (κ2) is 6.30. The van der Waals surface area contributed by atoms with Crippen LogP contribution in [0.5, 0.6) is 0 Å². The molecule has 2 fully saturated rings. The Hall–Kier alpha value is -2.95. The van der Waals surface area contributed by atoms with E-state index >= 15 is 0 Å². The molecule has 1 heterocycles. The molecule has 1 N–H and O–H groups in total. The number of nitrogens with zero attached hydrogens (tertiary/aromatic N) is 1. The van der Waals surface area contributed by atoms with Crippen molar-refractivity contribution in [3.8, 4) is 0 Å². The summed E-state index contributed by atoms with van der Waals surface area (Å²) < 4.78 is 27.7. The first-order valence-electron chi connectivity index (χ1n) is 9.55. The topological polar surface area (TPSA) is 32.3 Å². The Morgan fingerprint density at radius 1 is 1.00 bits per heavy atom. The fourth-order valence-electron chi connectivity index (χ4n) is 4.36. The summed E-state index contributed by atoms with van der Waals surface area (Å²) in [5.74, 6) is -0.416. The SMILES string of the molecule is Cc1cccc2c(Nc3cccc(F)c3F)ccc(C(=O)N3CC4CC4C3)c12. The standard InChI is InChI=1S/C23H20F2N2O/c1-13-4-2-5-16-19(26-20-7-3-6-18(24)22(20)25)9-8-17(21(13)16)23(28)27-11-14-10-15(14)12-27/h2-9,14-15,26H,10-12H2,1H3. The van der Waals surface area contributed by atoms with Crippen LogP contribution in [-0.4, -0.2) is 23.9 Å². The average molecular weight is 378 g/mol. The number of halogens is 2. The molecule has 0 aromatic heterocycles. The van der Waals surface area contributed by atoms with Gasteiger partial charge < -0.3 is 10.2 Å². The Morgan fingerprint density at radius 2 is 1.75 bits per heavy atom. The smallest absolute Gasteiger partial charge is 0.254 e. The largest absolute Gasteiger partial charge is 0.353 e. The lowest BCUT2D eigenvalue weighted by Crippen LogP contribution is -2.30. The number of amides is 1. The van der Waals surface area contributed by atoms with Gasteiger partial charge >= 0.3 is 0 Å². The summed E-state index contributed by atoms with van der Waals surface area (Å²) in [6.07, 6.45) is 1.24. The van der Waals surface area contributed by atoms with Gasteiger partial charge in [-0.3, -0.25) is 4.79 Å². The van der Waals surface area contributed by atoms with Crippen molar-refractivity contribution in [1.29, 1.82) is 0 Å². The normalized spacial score (nSPS) is 20.3. The van der Waals surface area contributed by atoms with Crippen molar-refractivity contribution in [2.24, 2.45) is 11.8 Å². The fourth-order valence-corrected chi connectivity index (χ4v) is 4.36. The van der Waals surface area contributed by atoms with Gasteiger partial charge in [-0.05, 0) is 60.4 Å². The van der Waals surface area contributed by atoms with E-state index in [0.29, 0.717) is 23.1 Å². The zero-order valence-electron chi connectivity index (χ0n) is 15.5. The Bertz CT molecular complexity index is 1100. The van der Waals surface area contributed by atoms with Gasteiger partial charge in [-0.25, -0.2) is 8.78 Å². The number of nitrogens with one attached hydrogen (secondary N) is 1. The lowest BCUT2D eigenvalue weighted by atomic mass is 9.97. The van der Waals surface area contributed by atoms with Crippen LogP contribution in [0.2, 0.25) is 0 Å². The maximum absolute atomic E-state index is 14.1. The summed E-state index contributed by atoms with van der Waals surface area (Å²) in [4.78, 5) is 15.1. The van der Waals surface area contributed by atoms with Crippen LogP contribution in [0.4, 0.5) is 20.2 Å². The van der Waals surface area contributed by atoms with Crippen LogP contribution in [0, 0.1) is 30.4 Å². The van der Waals surface area contributed by atoms with E-state index in [9.17, 15) is 13.6 Å². The third-order valence-corrected chi connectivity index (χ3v) is 5.97. The minimum absolute atomic E-state index is 0.0509. The Kier molecular flexibility index (Phi) is 3.86. The summed E-state index contributed by atoms with van der Waals surface area (Å²) in [5.41, 5.74) is 2.36. The van der Waals surface area contributed by atoms with E-state index in [1.54, 1.807) is 12.1 Å². The van der Waals surface area contributed by atoms with Crippen LogP contribution < -0.4 is 5.32 Å². The molecular weight excluding hydrogens is 358 g/mol. The number of hydrogen-bond acceptors (Lipinski definition) is 2. The van der Waals surface area contributed by atoms with Gasteiger partial charge in [0.2, 0.25) is 0 Å². The zero-order valence-corrected chi connectivity index (χ0v) is 15.5. The molecule has 2 unspecified atom stereocenters. The van der Waals surface area contributed by atoms with Crippen LogP contribution >= 0.6 is 0 Å². The molecule has 1 saturated carbocycles. The highest BCUT2D eigenvalue weighted by Gasteiger charge is 2.46. The molecule has 1 aliphatic heterocycles.